The van der Waals surface area contributed by atoms with E-state index in [9.17, 15) is 4.79 Å². The Labute approximate surface area is 269 Å². The van der Waals surface area contributed by atoms with Crippen molar-refractivity contribution >= 4 is 5.97 Å². The van der Waals surface area contributed by atoms with Gasteiger partial charge in [-0.3, -0.25) is 0 Å². The Morgan fingerprint density at radius 3 is 1.02 bits per heavy atom. The molecular formula is C39H76O4. The molecule has 0 atom stereocenters. The summed E-state index contributed by atoms with van der Waals surface area (Å²) in [6.07, 6.45) is 39.4. The molecule has 0 rings (SSSR count). The molecule has 0 heterocycles. The zero-order valence-corrected chi connectivity index (χ0v) is 29.3. The van der Waals surface area contributed by atoms with Gasteiger partial charge in [-0.05, 0) is 12.8 Å². The summed E-state index contributed by atoms with van der Waals surface area (Å²) < 4.78 is 17.2. The van der Waals surface area contributed by atoms with Crippen molar-refractivity contribution in [3.63, 3.8) is 0 Å². The Bertz CT molecular complexity index is 513. The fraction of sp³-hybridized carbons (Fsp3) is 0.923. The second kappa shape index (κ2) is 37.3. The van der Waals surface area contributed by atoms with Crippen LogP contribution in [0.25, 0.3) is 0 Å². The highest BCUT2D eigenvalue weighted by Crippen LogP contribution is 2.14. The second-order valence-electron chi connectivity index (χ2n) is 13.0. The molecule has 0 unspecified atom stereocenters. The number of carbonyl (C=O) groups is 1. The minimum Gasteiger partial charge on any atom is -0.462 e. The largest absolute Gasteiger partial charge is 0.462 e. The third-order valence-corrected chi connectivity index (χ3v) is 8.62. The van der Waals surface area contributed by atoms with Gasteiger partial charge in [0.25, 0.3) is 0 Å². The molecule has 0 saturated carbocycles. The van der Waals surface area contributed by atoms with Crippen molar-refractivity contribution in [1.29, 1.82) is 0 Å². The lowest BCUT2D eigenvalue weighted by Gasteiger charge is -2.17. The first-order valence-electron chi connectivity index (χ1n) is 19.2. The van der Waals surface area contributed by atoms with Gasteiger partial charge in [-0.2, -0.15) is 0 Å². The molecule has 0 aliphatic rings. The van der Waals surface area contributed by atoms with Crippen LogP contribution >= 0.6 is 0 Å². The van der Waals surface area contributed by atoms with Gasteiger partial charge >= 0.3 is 5.97 Å². The summed E-state index contributed by atoms with van der Waals surface area (Å²) in [5.74, 6) is -0.286. The van der Waals surface area contributed by atoms with Crippen LogP contribution in [0.15, 0.2) is 12.7 Å². The quantitative estimate of drug-likeness (QED) is 0.0400. The van der Waals surface area contributed by atoms with Crippen LogP contribution in [0.5, 0.6) is 0 Å². The van der Waals surface area contributed by atoms with E-state index in [1.807, 2.05) is 0 Å². The van der Waals surface area contributed by atoms with E-state index in [0.29, 0.717) is 19.8 Å². The van der Waals surface area contributed by atoms with Crippen molar-refractivity contribution in [1.82, 2.24) is 0 Å². The Morgan fingerprint density at radius 1 is 0.465 bits per heavy atom. The summed E-state index contributed by atoms with van der Waals surface area (Å²) in [4.78, 5) is 11.5. The number of hydrogen-bond donors (Lipinski definition) is 0. The number of rotatable bonds is 37. The molecule has 0 saturated heterocycles. The molecule has 0 spiro atoms. The average Bonchev–Trinajstić information content (AvgIpc) is 3.02. The van der Waals surface area contributed by atoms with Gasteiger partial charge < -0.3 is 14.2 Å². The first-order valence-corrected chi connectivity index (χ1v) is 19.2. The number of hydrogen-bond acceptors (Lipinski definition) is 4. The van der Waals surface area contributed by atoms with E-state index in [0.717, 1.165) is 26.1 Å². The predicted molar refractivity (Wildman–Crippen MR) is 187 cm³/mol. The standard InChI is InChI=1S/C39H76O4/c1-4-7-9-11-13-15-17-19-21-23-25-27-29-31-33-41-35-38(37-43-39(40)6-3)36-42-34-32-30-28-26-24-22-20-18-16-14-12-10-8-5-2/h6,38H,3-5,7-37H2,1-2H3. The fourth-order valence-electron chi connectivity index (χ4n) is 5.70. The normalized spacial score (nSPS) is 11.4. The molecule has 0 amide bonds. The zero-order chi connectivity index (χ0) is 31.3. The van der Waals surface area contributed by atoms with Gasteiger partial charge in [0.2, 0.25) is 0 Å². The SMILES string of the molecule is C=CC(=O)OCC(COCCCCCCCCCCCCCCCC)COCCCCCCCCCCCCCCCC. The van der Waals surface area contributed by atoms with Crippen LogP contribution < -0.4 is 0 Å². The first-order chi connectivity index (χ1) is 21.2. The Kier molecular flexibility index (Phi) is 36.6. The lowest BCUT2D eigenvalue weighted by Crippen LogP contribution is -2.23. The molecule has 0 N–H and O–H groups in total. The van der Waals surface area contributed by atoms with Crippen molar-refractivity contribution in [2.24, 2.45) is 5.92 Å². The van der Waals surface area contributed by atoms with Gasteiger partial charge in [0.15, 0.2) is 0 Å². The van der Waals surface area contributed by atoms with Crippen LogP contribution in [-0.2, 0) is 19.0 Å². The maximum absolute atomic E-state index is 11.5. The topological polar surface area (TPSA) is 44.8 Å². The fourth-order valence-corrected chi connectivity index (χ4v) is 5.70. The average molecular weight is 609 g/mol. The maximum Gasteiger partial charge on any atom is 0.330 e. The molecule has 0 aromatic heterocycles. The van der Waals surface area contributed by atoms with E-state index in [-0.39, 0.29) is 11.9 Å². The second-order valence-corrected chi connectivity index (χ2v) is 13.0. The van der Waals surface area contributed by atoms with E-state index in [1.54, 1.807) is 0 Å². The lowest BCUT2D eigenvalue weighted by atomic mass is 10.0. The molecule has 0 aromatic rings. The van der Waals surface area contributed by atoms with Crippen molar-refractivity contribution in [2.45, 2.75) is 194 Å². The number of esters is 1. The van der Waals surface area contributed by atoms with Crippen molar-refractivity contribution in [2.75, 3.05) is 33.0 Å². The first kappa shape index (κ1) is 42.1. The zero-order valence-electron chi connectivity index (χ0n) is 29.3. The summed E-state index contributed by atoms with van der Waals surface area (Å²) >= 11 is 0. The minimum atomic E-state index is -0.371. The van der Waals surface area contributed by atoms with Crippen LogP contribution in [0.2, 0.25) is 0 Å². The van der Waals surface area contributed by atoms with Gasteiger partial charge in [-0.25, -0.2) is 4.79 Å². The molecule has 0 aromatic carbocycles. The molecular weight excluding hydrogens is 532 g/mol. The minimum absolute atomic E-state index is 0.0854. The molecule has 0 aliphatic heterocycles. The maximum atomic E-state index is 11.5. The number of unbranched alkanes of at least 4 members (excludes halogenated alkanes) is 26. The van der Waals surface area contributed by atoms with E-state index < -0.39 is 0 Å². The monoisotopic (exact) mass is 609 g/mol. The molecule has 256 valence electrons. The lowest BCUT2D eigenvalue weighted by molar-refractivity contribution is -0.140. The van der Waals surface area contributed by atoms with Crippen molar-refractivity contribution < 1.29 is 19.0 Å². The molecule has 0 bridgehead atoms. The summed E-state index contributed by atoms with van der Waals surface area (Å²) in [6.45, 7) is 11.1. The summed E-state index contributed by atoms with van der Waals surface area (Å²) in [7, 11) is 0. The van der Waals surface area contributed by atoms with Crippen molar-refractivity contribution in [3.8, 4) is 0 Å². The van der Waals surface area contributed by atoms with E-state index in [2.05, 4.69) is 20.4 Å². The van der Waals surface area contributed by atoms with Gasteiger partial charge in [0.05, 0.1) is 19.8 Å². The van der Waals surface area contributed by atoms with Crippen LogP contribution in [-0.4, -0.2) is 39.0 Å². The van der Waals surface area contributed by atoms with Crippen LogP contribution in [0, 0.1) is 5.92 Å². The molecule has 4 nitrogen and oxygen atoms in total. The summed E-state index contributed by atoms with van der Waals surface area (Å²) in [6, 6.07) is 0. The molecule has 0 fully saturated rings. The Balaban J connectivity index is 3.63. The third kappa shape index (κ3) is 35.5. The van der Waals surface area contributed by atoms with Crippen LogP contribution in [0.4, 0.5) is 0 Å². The van der Waals surface area contributed by atoms with Gasteiger partial charge in [0.1, 0.15) is 0 Å². The van der Waals surface area contributed by atoms with Crippen LogP contribution in [0.1, 0.15) is 194 Å². The number of ether oxygens (including phenoxy) is 3. The number of carbonyl (C=O) groups excluding carboxylic acids is 1. The van der Waals surface area contributed by atoms with E-state index >= 15 is 0 Å². The Morgan fingerprint density at radius 2 is 0.744 bits per heavy atom. The van der Waals surface area contributed by atoms with Gasteiger partial charge in [-0.1, -0.05) is 187 Å². The smallest absolute Gasteiger partial charge is 0.330 e. The highest BCUT2D eigenvalue weighted by atomic mass is 16.5. The van der Waals surface area contributed by atoms with Gasteiger partial charge in [0, 0.05) is 25.2 Å². The molecule has 43 heavy (non-hydrogen) atoms. The molecule has 0 aliphatic carbocycles. The summed E-state index contributed by atoms with van der Waals surface area (Å²) in [5.41, 5.74) is 0. The van der Waals surface area contributed by atoms with E-state index in [1.165, 1.54) is 173 Å². The molecule has 0 radical (unpaired) electrons. The van der Waals surface area contributed by atoms with Crippen LogP contribution in [0.3, 0.4) is 0 Å². The Hall–Kier alpha value is -0.870. The predicted octanol–water partition coefficient (Wildman–Crippen LogP) is 12.3. The third-order valence-electron chi connectivity index (χ3n) is 8.62. The van der Waals surface area contributed by atoms with Crippen molar-refractivity contribution in [3.05, 3.63) is 12.7 Å². The highest BCUT2D eigenvalue weighted by molar-refractivity contribution is 5.81. The van der Waals surface area contributed by atoms with Gasteiger partial charge in [-0.15, -0.1) is 0 Å². The molecule has 4 heteroatoms. The summed E-state index contributed by atoms with van der Waals surface area (Å²) in [5, 5.41) is 0. The van der Waals surface area contributed by atoms with E-state index in [4.69, 9.17) is 14.2 Å². The highest BCUT2D eigenvalue weighted by Gasteiger charge is 2.12.